The Labute approximate surface area is 198 Å². The number of hydrogen-bond acceptors (Lipinski definition) is 3. The predicted molar refractivity (Wildman–Crippen MR) is 132 cm³/mol. The van der Waals surface area contributed by atoms with Crippen molar-refractivity contribution in [2.45, 2.75) is 63.4 Å². The molecule has 6 heteroatoms. The fraction of sp³-hybridized carbons (Fsp3) is 0.440. The SMILES string of the molecule is CC[C@@H](C(=O)NC1CCCC1)N(Cc1ccccc1)C(=O)CSCc1ccc(Br)cc1. The first kappa shape index (κ1) is 23.9. The first-order valence-electron chi connectivity index (χ1n) is 11.0. The van der Waals surface area contributed by atoms with Gasteiger partial charge in [0.2, 0.25) is 11.8 Å². The molecule has 0 spiro atoms. The summed E-state index contributed by atoms with van der Waals surface area (Å²) in [6, 6.07) is 17.9. The van der Waals surface area contributed by atoms with Crippen LogP contribution >= 0.6 is 27.7 Å². The second kappa shape index (κ2) is 12.3. The van der Waals surface area contributed by atoms with Crippen LogP contribution in [0, 0.1) is 0 Å². The molecule has 166 valence electrons. The van der Waals surface area contributed by atoms with Gasteiger partial charge in [-0.1, -0.05) is 78.2 Å². The van der Waals surface area contributed by atoms with Gasteiger partial charge < -0.3 is 10.2 Å². The van der Waals surface area contributed by atoms with E-state index in [0.717, 1.165) is 28.6 Å². The molecule has 1 aliphatic rings. The minimum Gasteiger partial charge on any atom is -0.352 e. The highest BCUT2D eigenvalue weighted by Crippen LogP contribution is 2.21. The van der Waals surface area contributed by atoms with Crippen molar-refractivity contribution >= 4 is 39.5 Å². The average molecular weight is 504 g/mol. The molecular formula is C25H31BrN2O2S. The van der Waals surface area contributed by atoms with E-state index < -0.39 is 6.04 Å². The molecule has 0 heterocycles. The molecule has 1 atom stereocenters. The van der Waals surface area contributed by atoms with Crippen molar-refractivity contribution in [3.05, 3.63) is 70.2 Å². The third-order valence-electron chi connectivity index (χ3n) is 5.69. The summed E-state index contributed by atoms with van der Waals surface area (Å²) in [4.78, 5) is 28.1. The van der Waals surface area contributed by atoms with Crippen LogP contribution in [0.2, 0.25) is 0 Å². The van der Waals surface area contributed by atoms with E-state index in [1.165, 1.54) is 18.4 Å². The molecule has 2 aromatic carbocycles. The molecule has 0 radical (unpaired) electrons. The van der Waals surface area contributed by atoms with Gasteiger partial charge in [0.05, 0.1) is 5.75 Å². The van der Waals surface area contributed by atoms with Crippen LogP contribution in [0.3, 0.4) is 0 Å². The van der Waals surface area contributed by atoms with E-state index in [4.69, 9.17) is 0 Å². The highest BCUT2D eigenvalue weighted by Gasteiger charge is 2.30. The second-order valence-corrected chi connectivity index (χ2v) is 9.94. The summed E-state index contributed by atoms with van der Waals surface area (Å²) in [6.45, 7) is 2.44. The molecule has 1 aliphatic carbocycles. The summed E-state index contributed by atoms with van der Waals surface area (Å²) in [7, 11) is 0. The van der Waals surface area contributed by atoms with Crippen LogP contribution in [0.4, 0.5) is 0 Å². The van der Waals surface area contributed by atoms with Crippen LogP contribution in [-0.2, 0) is 21.9 Å². The molecule has 1 fully saturated rings. The van der Waals surface area contributed by atoms with Gasteiger partial charge in [-0.3, -0.25) is 9.59 Å². The lowest BCUT2D eigenvalue weighted by molar-refractivity contribution is -0.139. The summed E-state index contributed by atoms with van der Waals surface area (Å²) in [5.41, 5.74) is 2.22. The number of benzene rings is 2. The molecule has 1 N–H and O–H groups in total. The van der Waals surface area contributed by atoms with E-state index >= 15 is 0 Å². The number of carbonyl (C=O) groups is 2. The molecule has 0 aromatic heterocycles. The quantitative estimate of drug-likeness (QED) is 0.463. The van der Waals surface area contributed by atoms with Gasteiger partial charge in [-0.15, -0.1) is 11.8 Å². The second-order valence-electron chi connectivity index (χ2n) is 8.04. The van der Waals surface area contributed by atoms with E-state index in [-0.39, 0.29) is 17.9 Å². The first-order valence-corrected chi connectivity index (χ1v) is 13.0. The van der Waals surface area contributed by atoms with Crippen molar-refractivity contribution in [2.75, 3.05) is 5.75 Å². The Bertz CT molecular complexity index is 838. The van der Waals surface area contributed by atoms with Crippen molar-refractivity contribution in [1.29, 1.82) is 0 Å². The molecule has 0 unspecified atom stereocenters. The number of thioether (sulfide) groups is 1. The molecule has 0 bridgehead atoms. The minimum absolute atomic E-state index is 0.0133. The van der Waals surface area contributed by atoms with Crippen LogP contribution in [-0.4, -0.2) is 34.6 Å². The fourth-order valence-corrected chi connectivity index (χ4v) is 5.12. The predicted octanol–water partition coefficient (Wildman–Crippen LogP) is 5.55. The molecule has 0 saturated heterocycles. The van der Waals surface area contributed by atoms with Gasteiger partial charge >= 0.3 is 0 Å². The van der Waals surface area contributed by atoms with Gasteiger partial charge in [0.1, 0.15) is 6.04 Å². The lowest BCUT2D eigenvalue weighted by atomic mass is 10.1. The number of carbonyl (C=O) groups excluding carboxylic acids is 2. The molecule has 1 saturated carbocycles. The van der Waals surface area contributed by atoms with Crippen LogP contribution < -0.4 is 5.32 Å². The fourth-order valence-electron chi connectivity index (χ4n) is 3.99. The van der Waals surface area contributed by atoms with Gasteiger partial charge in [0, 0.05) is 22.8 Å². The smallest absolute Gasteiger partial charge is 0.243 e. The lowest BCUT2D eigenvalue weighted by Gasteiger charge is -2.31. The molecule has 0 aliphatic heterocycles. The molecule has 2 amide bonds. The Balaban J connectivity index is 1.66. The Hall–Kier alpha value is -1.79. The third kappa shape index (κ3) is 7.39. The summed E-state index contributed by atoms with van der Waals surface area (Å²) >= 11 is 5.04. The van der Waals surface area contributed by atoms with Gasteiger partial charge in [-0.05, 0) is 42.5 Å². The number of halogens is 1. The van der Waals surface area contributed by atoms with Crippen LogP contribution in [0.15, 0.2) is 59.1 Å². The molecule has 4 nitrogen and oxygen atoms in total. The van der Waals surface area contributed by atoms with E-state index in [1.807, 2.05) is 49.4 Å². The Kier molecular flexibility index (Phi) is 9.47. The number of nitrogens with zero attached hydrogens (tertiary/aromatic N) is 1. The van der Waals surface area contributed by atoms with Crippen LogP contribution in [0.25, 0.3) is 0 Å². The van der Waals surface area contributed by atoms with Crippen molar-refractivity contribution in [3.8, 4) is 0 Å². The number of rotatable bonds is 10. The monoisotopic (exact) mass is 502 g/mol. The maximum atomic E-state index is 13.3. The minimum atomic E-state index is -0.443. The van der Waals surface area contributed by atoms with E-state index in [1.54, 1.807) is 16.7 Å². The standard InChI is InChI=1S/C25H31BrN2O2S/c1-2-23(25(30)27-22-10-6-7-11-22)28(16-19-8-4-3-5-9-19)24(29)18-31-17-20-12-14-21(26)15-13-20/h3-5,8-9,12-15,22-23H,2,6-7,10-11,16-18H2,1H3,(H,27,30)/t23-/m0/s1. The van der Waals surface area contributed by atoms with Crippen molar-refractivity contribution in [1.82, 2.24) is 10.2 Å². The Morgan fingerprint density at radius 1 is 1.06 bits per heavy atom. The Morgan fingerprint density at radius 3 is 2.39 bits per heavy atom. The topological polar surface area (TPSA) is 49.4 Å². The molecular weight excluding hydrogens is 472 g/mol. The van der Waals surface area contributed by atoms with Crippen molar-refractivity contribution in [2.24, 2.45) is 0 Å². The van der Waals surface area contributed by atoms with Crippen molar-refractivity contribution in [3.63, 3.8) is 0 Å². The molecule has 3 rings (SSSR count). The van der Waals surface area contributed by atoms with E-state index in [2.05, 4.69) is 33.4 Å². The van der Waals surface area contributed by atoms with Crippen molar-refractivity contribution < 1.29 is 9.59 Å². The normalized spacial score (nSPS) is 14.9. The zero-order valence-corrected chi connectivity index (χ0v) is 20.5. The summed E-state index contributed by atoms with van der Waals surface area (Å²) in [6.07, 6.45) is 5.02. The molecule has 31 heavy (non-hydrogen) atoms. The number of nitrogens with one attached hydrogen (secondary N) is 1. The number of amides is 2. The highest BCUT2D eigenvalue weighted by molar-refractivity contribution is 9.10. The van der Waals surface area contributed by atoms with Crippen LogP contribution in [0.5, 0.6) is 0 Å². The summed E-state index contributed by atoms with van der Waals surface area (Å²) < 4.78 is 1.05. The highest BCUT2D eigenvalue weighted by atomic mass is 79.9. The zero-order chi connectivity index (χ0) is 22.1. The summed E-state index contributed by atoms with van der Waals surface area (Å²) in [5, 5.41) is 3.19. The lowest BCUT2D eigenvalue weighted by Crippen LogP contribution is -2.51. The van der Waals surface area contributed by atoms with Gasteiger partial charge in [0.25, 0.3) is 0 Å². The number of hydrogen-bond donors (Lipinski definition) is 1. The molecule has 2 aromatic rings. The Morgan fingerprint density at radius 2 is 1.74 bits per heavy atom. The van der Waals surface area contributed by atoms with E-state index in [9.17, 15) is 9.59 Å². The maximum absolute atomic E-state index is 13.3. The maximum Gasteiger partial charge on any atom is 0.243 e. The zero-order valence-electron chi connectivity index (χ0n) is 18.1. The van der Waals surface area contributed by atoms with Crippen LogP contribution in [0.1, 0.15) is 50.2 Å². The van der Waals surface area contributed by atoms with Gasteiger partial charge in [-0.25, -0.2) is 0 Å². The average Bonchev–Trinajstić information content (AvgIpc) is 3.28. The van der Waals surface area contributed by atoms with Gasteiger partial charge in [-0.2, -0.15) is 0 Å². The first-order chi connectivity index (χ1) is 15.1. The van der Waals surface area contributed by atoms with E-state index in [0.29, 0.717) is 18.7 Å². The third-order valence-corrected chi connectivity index (χ3v) is 7.21. The summed E-state index contributed by atoms with van der Waals surface area (Å²) in [5.74, 6) is 1.12. The largest absolute Gasteiger partial charge is 0.352 e. The van der Waals surface area contributed by atoms with Gasteiger partial charge in [0.15, 0.2) is 0 Å².